The van der Waals surface area contributed by atoms with Gasteiger partial charge in [-0.15, -0.1) is 0 Å². The van der Waals surface area contributed by atoms with Crippen molar-refractivity contribution >= 4 is 0 Å². The maximum atomic E-state index is 13.7. The Morgan fingerprint density at radius 1 is 1.29 bits per heavy atom. The molecule has 1 aromatic rings. The van der Waals surface area contributed by atoms with E-state index in [0.29, 0.717) is 11.5 Å². The van der Waals surface area contributed by atoms with Gasteiger partial charge < -0.3 is 0 Å². The minimum atomic E-state index is -0.264. The Morgan fingerprint density at radius 3 is 2.59 bits per heavy atom. The summed E-state index contributed by atoms with van der Waals surface area (Å²) in [6.45, 7) is 0. The molecule has 0 radical (unpaired) electrons. The quantitative estimate of drug-likeness (QED) is 0.483. The first-order valence-corrected chi connectivity index (χ1v) is 6.38. The van der Waals surface area contributed by atoms with Crippen LogP contribution in [0.2, 0.25) is 0 Å². The van der Waals surface area contributed by atoms with E-state index < -0.39 is 0 Å². The van der Waals surface area contributed by atoms with Gasteiger partial charge in [0.25, 0.3) is 0 Å². The Labute approximate surface area is 102 Å². The van der Waals surface area contributed by atoms with E-state index in [2.05, 4.69) is 10.4 Å². The minimum Gasteiger partial charge on any atom is -0.271 e. The number of hydrazine groups is 1. The van der Waals surface area contributed by atoms with Crippen LogP contribution in [0.4, 0.5) is 4.39 Å². The zero-order valence-corrected chi connectivity index (χ0v) is 10.0. The average molecular weight is 237 g/mol. The smallest absolute Gasteiger partial charge is 0.146 e. The van der Waals surface area contributed by atoms with Crippen LogP contribution in [-0.4, -0.2) is 4.98 Å². The van der Waals surface area contributed by atoms with E-state index in [4.69, 9.17) is 5.84 Å². The summed E-state index contributed by atoms with van der Waals surface area (Å²) in [7, 11) is 0. The van der Waals surface area contributed by atoms with E-state index in [1.54, 1.807) is 12.3 Å². The second kappa shape index (κ2) is 6.07. The van der Waals surface area contributed by atoms with Crippen molar-refractivity contribution in [1.29, 1.82) is 0 Å². The normalized spacial score (nSPS) is 19.9. The fourth-order valence-electron chi connectivity index (χ4n) is 2.76. The van der Waals surface area contributed by atoms with Gasteiger partial charge in [0, 0.05) is 11.8 Å². The summed E-state index contributed by atoms with van der Waals surface area (Å²) >= 11 is 0. The predicted molar refractivity (Wildman–Crippen MR) is 65.5 cm³/mol. The molecule has 1 aromatic heterocycles. The number of halogens is 1. The molecule has 17 heavy (non-hydrogen) atoms. The molecule has 1 heterocycles. The van der Waals surface area contributed by atoms with E-state index in [1.165, 1.54) is 31.9 Å². The molecule has 0 bridgehead atoms. The first-order chi connectivity index (χ1) is 8.33. The Morgan fingerprint density at radius 2 is 2.00 bits per heavy atom. The van der Waals surface area contributed by atoms with Gasteiger partial charge in [-0.3, -0.25) is 16.3 Å². The lowest BCUT2D eigenvalue weighted by Gasteiger charge is -2.26. The lowest BCUT2D eigenvalue weighted by Crippen LogP contribution is -2.34. The number of nitrogens with zero attached hydrogens (tertiary/aromatic N) is 1. The van der Waals surface area contributed by atoms with Gasteiger partial charge in [-0.25, -0.2) is 4.39 Å². The second-order valence-electron chi connectivity index (χ2n) is 4.79. The van der Waals surface area contributed by atoms with Crippen LogP contribution in [0.5, 0.6) is 0 Å². The van der Waals surface area contributed by atoms with Crippen molar-refractivity contribution in [3.63, 3.8) is 0 Å². The summed E-state index contributed by atoms with van der Waals surface area (Å²) < 4.78 is 13.7. The maximum absolute atomic E-state index is 13.7. The fourth-order valence-corrected chi connectivity index (χ4v) is 2.76. The van der Waals surface area contributed by atoms with Crippen LogP contribution in [0.25, 0.3) is 0 Å². The monoisotopic (exact) mass is 237 g/mol. The van der Waals surface area contributed by atoms with Crippen molar-refractivity contribution in [2.45, 2.75) is 44.6 Å². The molecule has 2 rings (SSSR count). The Balaban J connectivity index is 2.17. The molecule has 1 unspecified atom stereocenters. The number of nitrogens with one attached hydrogen (secondary N) is 1. The van der Waals surface area contributed by atoms with Crippen LogP contribution >= 0.6 is 0 Å². The molecule has 0 amide bonds. The minimum absolute atomic E-state index is 0.0869. The standard InChI is InChI=1S/C13H20FN3/c14-12-9-16-8-7-11(12)13(17-15)10-5-3-1-2-4-6-10/h7-10,13,17H,1-6,15H2. The molecule has 1 aliphatic rings. The summed E-state index contributed by atoms with van der Waals surface area (Å²) in [6.07, 6.45) is 10.1. The molecule has 1 saturated carbocycles. The topological polar surface area (TPSA) is 50.9 Å². The average Bonchev–Trinajstić information content (AvgIpc) is 2.62. The van der Waals surface area contributed by atoms with Gasteiger partial charge in [0.1, 0.15) is 5.82 Å². The first kappa shape index (κ1) is 12.5. The van der Waals surface area contributed by atoms with Gasteiger partial charge in [0.05, 0.1) is 12.2 Å². The molecular formula is C13H20FN3. The van der Waals surface area contributed by atoms with Gasteiger partial charge in [-0.2, -0.15) is 0 Å². The van der Waals surface area contributed by atoms with E-state index in [0.717, 1.165) is 12.8 Å². The van der Waals surface area contributed by atoms with E-state index in [-0.39, 0.29) is 11.9 Å². The third kappa shape index (κ3) is 3.01. The molecule has 3 nitrogen and oxygen atoms in total. The summed E-state index contributed by atoms with van der Waals surface area (Å²) in [6, 6.07) is 1.64. The highest BCUT2D eigenvalue weighted by Crippen LogP contribution is 2.33. The summed E-state index contributed by atoms with van der Waals surface area (Å²) in [5.74, 6) is 5.78. The Kier molecular flexibility index (Phi) is 4.45. The molecule has 0 saturated heterocycles. The molecule has 1 aliphatic carbocycles. The van der Waals surface area contributed by atoms with Crippen molar-refractivity contribution in [1.82, 2.24) is 10.4 Å². The SMILES string of the molecule is NNC(c1ccncc1F)C1CCCCCC1. The van der Waals surface area contributed by atoms with Crippen LogP contribution in [0.3, 0.4) is 0 Å². The van der Waals surface area contributed by atoms with Crippen molar-refractivity contribution in [3.8, 4) is 0 Å². The molecule has 1 fully saturated rings. The summed E-state index contributed by atoms with van der Waals surface area (Å²) in [5, 5.41) is 0. The molecular weight excluding hydrogens is 217 g/mol. The van der Waals surface area contributed by atoms with Crippen LogP contribution in [0, 0.1) is 11.7 Å². The molecule has 0 spiro atoms. The Bertz CT molecular complexity index is 348. The molecule has 1 atom stereocenters. The molecule has 94 valence electrons. The molecule has 0 aliphatic heterocycles. The Hall–Kier alpha value is -1.00. The second-order valence-corrected chi connectivity index (χ2v) is 4.79. The highest BCUT2D eigenvalue weighted by molar-refractivity contribution is 5.18. The summed E-state index contributed by atoms with van der Waals surface area (Å²) in [4.78, 5) is 3.78. The fraction of sp³-hybridized carbons (Fsp3) is 0.615. The first-order valence-electron chi connectivity index (χ1n) is 6.38. The largest absolute Gasteiger partial charge is 0.271 e. The predicted octanol–water partition coefficient (Wildman–Crippen LogP) is 2.70. The van der Waals surface area contributed by atoms with Crippen molar-refractivity contribution in [3.05, 3.63) is 29.8 Å². The van der Waals surface area contributed by atoms with Gasteiger partial charge in [-0.05, 0) is 24.8 Å². The highest BCUT2D eigenvalue weighted by Gasteiger charge is 2.25. The number of aromatic nitrogens is 1. The van der Waals surface area contributed by atoms with Crippen LogP contribution in [0.1, 0.15) is 50.1 Å². The lowest BCUT2D eigenvalue weighted by molar-refractivity contribution is 0.321. The van der Waals surface area contributed by atoms with Crippen molar-refractivity contribution in [2.24, 2.45) is 11.8 Å². The van der Waals surface area contributed by atoms with Crippen LogP contribution in [-0.2, 0) is 0 Å². The van der Waals surface area contributed by atoms with E-state index in [9.17, 15) is 4.39 Å². The lowest BCUT2D eigenvalue weighted by atomic mass is 9.88. The highest BCUT2D eigenvalue weighted by atomic mass is 19.1. The number of rotatable bonds is 3. The zero-order valence-electron chi connectivity index (χ0n) is 10.0. The third-order valence-electron chi connectivity index (χ3n) is 3.69. The van der Waals surface area contributed by atoms with Gasteiger partial charge in [0.15, 0.2) is 0 Å². The third-order valence-corrected chi connectivity index (χ3v) is 3.69. The van der Waals surface area contributed by atoms with Gasteiger partial charge >= 0.3 is 0 Å². The summed E-state index contributed by atoms with van der Waals surface area (Å²) in [5.41, 5.74) is 3.44. The van der Waals surface area contributed by atoms with Crippen LogP contribution < -0.4 is 11.3 Å². The molecule has 4 heteroatoms. The van der Waals surface area contributed by atoms with E-state index >= 15 is 0 Å². The van der Waals surface area contributed by atoms with E-state index in [1.807, 2.05) is 0 Å². The van der Waals surface area contributed by atoms with Crippen molar-refractivity contribution < 1.29 is 4.39 Å². The number of pyridine rings is 1. The molecule has 3 N–H and O–H groups in total. The zero-order chi connectivity index (χ0) is 12.1. The van der Waals surface area contributed by atoms with Gasteiger partial charge in [-0.1, -0.05) is 25.7 Å². The van der Waals surface area contributed by atoms with Crippen molar-refractivity contribution in [2.75, 3.05) is 0 Å². The molecule has 0 aromatic carbocycles. The number of hydrogen-bond acceptors (Lipinski definition) is 3. The van der Waals surface area contributed by atoms with Crippen LogP contribution in [0.15, 0.2) is 18.5 Å². The number of hydrogen-bond donors (Lipinski definition) is 2. The number of nitrogens with two attached hydrogens (primary N) is 1. The maximum Gasteiger partial charge on any atom is 0.146 e. The van der Waals surface area contributed by atoms with Gasteiger partial charge in [0.2, 0.25) is 0 Å².